The van der Waals surface area contributed by atoms with Gasteiger partial charge in [0.2, 0.25) is 0 Å². The Morgan fingerprint density at radius 3 is 2.74 bits per heavy atom. The molecule has 0 radical (unpaired) electrons. The summed E-state index contributed by atoms with van der Waals surface area (Å²) in [7, 11) is -2.93. The second-order valence-corrected chi connectivity index (χ2v) is 6.71. The fourth-order valence-corrected chi connectivity index (χ4v) is 2.14. The van der Waals surface area contributed by atoms with E-state index in [1.54, 1.807) is 0 Å². The first-order valence-corrected chi connectivity index (χ1v) is 8.57. The summed E-state index contributed by atoms with van der Waals surface area (Å²) < 4.78 is 27.6. The van der Waals surface area contributed by atoms with E-state index in [2.05, 4.69) is 11.8 Å². The van der Waals surface area contributed by atoms with Crippen LogP contribution in [0.15, 0.2) is 24.3 Å². The zero-order valence-electron chi connectivity index (χ0n) is 10.9. The molecule has 0 aliphatic heterocycles. The predicted molar refractivity (Wildman–Crippen MR) is 78.5 cm³/mol. The third-order valence-corrected chi connectivity index (χ3v) is 3.47. The van der Waals surface area contributed by atoms with Crippen LogP contribution in [0.3, 0.4) is 0 Å². The lowest BCUT2D eigenvalue weighted by Gasteiger charge is -2.07. The molecule has 1 aromatic carbocycles. The fraction of sp³-hybridized carbons (Fsp3) is 0.429. The van der Waals surface area contributed by atoms with Gasteiger partial charge in [0.25, 0.3) is 0 Å². The van der Waals surface area contributed by atoms with E-state index in [1.807, 2.05) is 24.3 Å². The van der Waals surface area contributed by atoms with Gasteiger partial charge in [0, 0.05) is 18.6 Å². The summed E-state index contributed by atoms with van der Waals surface area (Å²) in [5, 5.41) is 0. The van der Waals surface area contributed by atoms with Gasteiger partial charge >= 0.3 is 0 Å². The molecule has 0 unspecified atom stereocenters. The number of hydrogen-bond acceptors (Lipinski definition) is 3. The standard InChI is InChI=1S/C14H17ClO3S/c1-19(16,17)12-6-11-18-14-9-3-2-7-13(14)8-4-5-10-15/h2-3,7,9H,5-6,10-12H2,1H3. The van der Waals surface area contributed by atoms with Crippen molar-refractivity contribution in [2.75, 3.05) is 24.5 Å². The van der Waals surface area contributed by atoms with Crippen molar-refractivity contribution in [3.63, 3.8) is 0 Å². The SMILES string of the molecule is CS(=O)(=O)CCCOc1ccccc1C#CCCCl. The number of para-hydroxylation sites is 1. The maximum Gasteiger partial charge on any atom is 0.147 e. The highest BCUT2D eigenvalue weighted by molar-refractivity contribution is 7.90. The van der Waals surface area contributed by atoms with Crippen LogP contribution < -0.4 is 4.74 Å². The lowest BCUT2D eigenvalue weighted by Crippen LogP contribution is -2.08. The molecular weight excluding hydrogens is 284 g/mol. The third-order valence-electron chi connectivity index (χ3n) is 2.25. The van der Waals surface area contributed by atoms with Crippen molar-refractivity contribution in [1.82, 2.24) is 0 Å². The van der Waals surface area contributed by atoms with Crippen molar-refractivity contribution < 1.29 is 13.2 Å². The van der Waals surface area contributed by atoms with Crippen LogP contribution in [0.1, 0.15) is 18.4 Å². The molecular formula is C14H17ClO3S. The molecule has 1 rings (SSSR count). The van der Waals surface area contributed by atoms with E-state index in [-0.39, 0.29) is 5.75 Å². The van der Waals surface area contributed by atoms with Crippen molar-refractivity contribution in [3.8, 4) is 17.6 Å². The van der Waals surface area contributed by atoms with Crippen molar-refractivity contribution in [3.05, 3.63) is 29.8 Å². The van der Waals surface area contributed by atoms with Gasteiger partial charge in [0.1, 0.15) is 15.6 Å². The van der Waals surface area contributed by atoms with E-state index in [0.717, 1.165) is 5.56 Å². The maximum atomic E-state index is 11.0. The molecule has 0 aliphatic carbocycles. The Morgan fingerprint density at radius 1 is 1.32 bits per heavy atom. The number of benzene rings is 1. The molecule has 0 atom stereocenters. The largest absolute Gasteiger partial charge is 0.492 e. The van der Waals surface area contributed by atoms with Gasteiger partial charge in [-0.25, -0.2) is 8.42 Å². The van der Waals surface area contributed by atoms with E-state index in [1.165, 1.54) is 6.26 Å². The normalized spacial score (nSPS) is 10.6. The van der Waals surface area contributed by atoms with Gasteiger partial charge < -0.3 is 4.74 Å². The van der Waals surface area contributed by atoms with Crippen LogP contribution >= 0.6 is 11.6 Å². The highest BCUT2D eigenvalue weighted by atomic mass is 35.5. The minimum Gasteiger partial charge on any atom is -0.492 e. The number of rotatable bonds is 6. The van der Waals surface area contributed by atoms with Crippen LogP contribution in [0.5, 0.6) is 5.75 Å². The summed E-state index contributed by atoms with van der Waals surface area (Å²) in [5.74, 6) is 7.26. The van der Waals surface area contributed by atoms with Gasteiger partial charge in [-0.05, 0) is 18.6 Å². The molecule has 19 heavy (non-hydrogen) atoms. The molecule has 0 aliphatic rings. The molecule has 5 heteroatoms. The van der Waals surface area contributed by atoms with E-state index in [0.29, 0.717) is 31.1 Å². The number of ether oxygens (including phenoxy) is 1. The summed E-state index contributed by atoms with van der Waals surface area (Å²) in [4.78, 5) is 0. The smallest absolute Gasteiger partial charge is 0.147 e. The monoisotopic (exact) mass is 300 g/mol. The summed E-state index contributed by atoms with van der Waals surface area (Å²) in [6.07, 6.45) is 2.32. The second-order valence-electron chi connectivity index (χ2n) is 4.07. The summed E-state index contributed by atoms with van der Waals surface area (Å²) >= 11 is 5.56. The Bertz CT molecular complexity index is 556. The topological polar surface area (TPSA) is 43.4 Å². The van der Waals surface area contributed by atoms with Gasteiger partial charge in [-0.15, -0.1) is 11.6 Å². The molecule has 0 fully saturated rings. The first-order valence-electron chi connectivity index (χ1n) is 5.97. The van der Waals surface area contributed by atoms with Crippen LogP contribution in [0.2, 0.25) is 0 Å². The van der Waals surface area contributed by atoms with E-state index >= 15 is 0 Å². The molecule has 104 valence electrons. The lowest BCUT2D eigenvalue weighted by atomic mass is 10.2. The van der Waals surface area contributed by atoms with Gasteiger partial charge in [-0.1, -0.05) is 24.0 Å². The molecule has 0 saturated carbocycles. The van der Waals surface area contributed by atoms with E-state index < -0.39 is 9.84 Å². The molecule has 1 aromatic rings. The average Bonchev–Trinajstić information content (AvgIpc) is 2.35. The Balaban J connectivity index is 2.56. The van der Waals surface area contributed by atoms with Gasteiger partial charge in [0.15, 0.2) is 0 Å². The average molecular weight is 301 g/mol. The van der Waals surface area contributed by atoms with Crippen LogP contribution in [0, 0.1) is 11.8 Å². The lowest BCUT2D eigenvalue weighted by molar-refractivity contribution is 0.317. The van der Waals surface area contributed by atoms with Crippen LogP contribution in [0.25, 0.3) is 0 Å². The first kappa shape index (κ1) is 15.9. The highest BCUT2D eigenvalue weighted by Crippen LogP contribution is 2.16. The van der Waals surface area contributed by atoms with Crippen molar-refractivity contribution in [2.45, 2.75) is 12.8 Å². The molecule has 3 nitrogen and oxygen atoms in total. The molecule has 0 aromatic heterocycles. The van der Waals surface area contributed by atoms with Crippen molar-refractivity contribution in [1.29, 1.82) is 0 Å². The Labute approximate surface area is 119 Å². The Kier molecular flexibility index (Phi) is 6.75. The van der Waals surface area contributed by atoms with E-state index in [9.17, 15) is 8.42 Å². The number of sulfone groups is 1. The quantitative estimate of drug-likeness (QED) is 0.460. The Morgan fingerprint density at radius 2 is 2.05 bits per heavy atom. The zero-order chi connectivity index (χ0) is 14.1. The number of halogens is 1. The van der Waals surface area contributed by atoms with Crippen LogP contribution in [-0.4, -0.2) is 32.9 Å². The van der Waals surface area contributed by atoms with E-state index in [4.69, 9.17) is 16.3 Å². The summed E-state index contributed by atoms with van der Waals surface area (Å²) in [6, 6.07) is 7.44. The predicted octanol–water partition coefficient (Wildman–Crippen LogP) is 2.48. The Hall–Kier alpha value is -1.18. The maximum absolute atomic E-state index is 11.0. The molecule has 0 amide bonds. The third kappa shape index (κ3) is 7.09. The summed E-state index contributed by atoms with van der Waals surface area (Å²) in [5.41, 5.74) is 0.798. The molecule has 0 bridgehead atoms. The van der Waals surface area contributed by atoms with Gasteiger partial charge in [-0.3, -0.25) is 0 Å². The zero-order valence-corrected chi connectivity index (χ0v) is 12.4. The van der Waals surface area contributed by atoms with Gasteiger partial charge in [0.05, 0.1) is 17.9 Å². The van der Waals surface area contributed by atoms with Gasteiger partial charge in [-0.2, -0.15) is 0 Å². The molecule has 0 saturated heterocycles. The minimum absolute atomic E-state index is 0.132. The first-order chi connectivity index (χ1) is 9.03. The van der Waals surface area contributed by atoms with Crippen molar-refractivity contribution in [2.24, 2.45) is 0 Å². The number of alkyl halides is 1. The fourth-order valence-electron chi connectivity index (χ4n) is 1.40. The van der Waals surface area contributed by atoms with Crippen LogP contribution in [-0.2, 0) is 9.84 Å². The number of hydrogen-bond donors (Lipinski definition) is 0. The van der Waals surface area contributed by atoms with Crippen molar-refractivity contribution >= 4 is 21.4 Å². The summed E-state index contributed by atoms with van der Waals surface area (Å²) in [6.45, 7) is 0.362. The highest BCUT2D eigenvalue weighted by Gasteiger charge is 2.03. The van der Waals surface area contributed by atoms with Crippen LogP contribution in [0.4, 0.5) is 0 Å². The minimum atomic E-state index is -2.93. The molecule has 0 N–H and O–H groups in total. The molecule has 0 spiro atoms. The second kappa shape index (κ2) is 8.08. The molecule has 0 heterocycles.